The Labute approximate surface area is 72.1 Å². The van der Waals surface area contributed by atoms with Crippen LogP contribution in [0.1, 0.15) is 0 Å². The Morgan fingerprint density at radius 1 is 1.08 bits per heavy atom. The molecule has 2 nitrogen and oxygen atoms in total. The van der Waals surface area contributed by atoms with E-state index < -0.39 is 23.2 Å². The molecule has 0 amide bonds. The van der Waals surface area contributed by atoms with E-state index in [1.165, 1.54) is 0 Å². The minimum absolute atomic E-state index is 3.54. The summed E-state index contributed by atoms with van der Waals surface area (Å²) in [4.78, 5) is 9.43. The SMILES string of the molecule is O=C([O-])C(F)(F)C(F)(Cl)C(F)(F)F. The second-order valence-corrected chi connectivity index (χ2v) is 2.45. The number of carbonyl (C=O) groups excluding carboxylic acids is 1. The van der Waals surface area contributed by atoms with Crippen molar-refractivity contribution in [2.24, 2.45) is 0 Å². The predicted octanol–water partition coefficient (Wildman–Crippen LogP) is 0.838. The standard InChI is InChI=1S/C4HClF6O2/c5-3(8,4(9,10)11)2(6,7)1(12)13/h(H,12,13)/p-1. The first-order chi connectivity index (χ1) is 5.44. The van der Waals surface area contributed by atoms with Crippen molar-refractivity contribution in [2.75, 3.05) is 0 Å². The fraction of sp³-hybridized carbons (Fsp3) is 0.750. The molecule has 0 aliphatic rings. The molecule has 0 rings (SSSR count). The van der Waals surface area contributed by atoms with Gasteiger partial charge in [0.05, 0.1) is 0 Å². The van der Waals surface area contributed by atoms with Crippen LogP contribution in [0.2, 0.25) is 0 Å². The Bertz CT molecular complexity index is 221. The van der Waals surface area contributed by atoms with Crippen LogP contribution in [0.5, 0.6) is 0 Å². The maximum absolute atomic E-state index is 12.1. The zero-order valence-corrected chi connectivity index (χ0v) is 6.22. The molecule has 0 aliphatic carbocycles. The van der Waals surface area contributed by atoms with Crippen LogP contribution in [0.3, 0.4) is 0 Å². The average molecular weight is 229 g/mol. The van der Waals surface area contributed by atoms with Gasteiger partial charge in [-0.25, -0.2) is 4.39 Å². The molecule has 0 aliphatic heterocycles. The number of carbonyl (C=O) groups is 1. The number of rotatable bonds is 2. The average Bonchev–Trinajstić information content (AvgIpc) is 1.84. The first kappa shape index (κ1) is 12.3. The van der Waals surface area contributed by atoms with Gasteiger partial charge in [0.15, 0.2) is 0 Å². The van der Waals surface area contributed by atoms with Crippen LogP contribution in [-0.2, 0) is 4.79 Å². The lowest BCUT2D eigenvalue weighted by Crippen LogP contribution is -2.59. The van der Waals surface area contributed by atoms with Crippen LogP contribution >= 0.6 is 11.6 Å². The monoisotopic (exact) mass is 229 g/mol. The number of hydrogen-bond acceptors (Lipinski definition) is 2. The van der Waals surface area contributed by atoms with Gasteiger partial charge in [-0.15, -0.1) is 0 Å². The van der Waals surface area contributed by atoms with E-state index >= 15 is 0 Å². The zero-order chi connectivity index (χ0) is 11.1. The van der Waals surface area contributed by atoms with Crippen LogP contribution in [-0.4, -0.2) is 23.2 Å². The Balaban J connectivity index is 5.16. The summed E-state index contributed by atoms with van der Waals surface area (Å²) < 4.78 is 70.2. The Kier molecular flexibility index (Phi) is 2.78. The molecule has 0 N–H and O–H groups in total. The van der Waals surface area contributed by atoms with Gasteiger partial charge in [-0.3, -0.25) is 0 Å². The van der Waals surface area contributed by atoms with E-state index in [1.807, 2.05) is 0 Å². The summed E-state index contributed by atoms with van der Waals surface area (Å²) in [5.41, 5.74) is 0. The van der Waals surface area contributed by atoms with Crippen molar-refractivity contribution in [3.63, 3.8) is 0 Å². The second-order valence-electron chi connectivity index (χ2n) is 1.93. The number of alkyl halides is 7. The number of carboxylic acid groups (broad SMARTS) is 1. The molecule has 0 spiro atoms. The molecule has 0 fully saturated rings. The summed E-state index contributed by atoms with van der Waals surface area (Å²) in [6.07, 6.45) is -6.21. The highest BCUT2D eigenvalue weighted by Gasteiger charge is 2.71. The van der Waals surface area contributed by atoms with Crippen LogP contribution in [0.15, 0.2) is 0 Å². The topological polar surface area (TPSA) is 40.1 Å². The lowest BCUT2D eigenvalue weighted by atomic mass is 10.2. The third kappa shape index (κ3) is 1.82. The van der Waals surface area contributed by atoms with Crippen molar-refractivity contribution in [3.05, 3.63) is 0 Å². The minimum atomic E-state index is -6.21. The van der Waals surface area contributed by atoms with Crippen molar-refractivity contribution < 1.29 is 36.2 Å². The molecule has 1 unspecified atom stereocenters. The first-order valence-corrected chi connectivity index (χ1v) is 2.86. The molecule has 0 bridgehead atoms. The van der Waals surface area contributed by atoms with Gasteiger partial charge in [0.1, 0.15) is 5.97 Å². The molecular formula is C4ClF6O2-. The summed E-state index contributed by atoms with van der Waals surface area (Å²) in [5, 5.41) is 3.76. The summed E-state index contributed by atoms with van der Waals surface area (Å²) in [5.74, 6) is -9.38. The molecule has 9 heteroatoms. The van der Waals surface area contributed by atoms with Crippen LogP contribution in [0.25, 0.3) is 0 Å². The van der Waals surface area contributed by atoms with Crippen molar-refractivity contribution >= 4 is 17.6 Å². The molecular weight excluding hydrogens is 229 g/mol. The molecule has 0 aromatic rings. The molecule has 0 heterocycles. The molecule has 0 aromatic carbocycles. The fourth-order valence-corrected chi connectivity index (χ4v) is 0.383. The highest BCUT2D eigenvalue weighted by molar-refractivity contribution is 6.25. The van der Waals surface area contributed by atoms with Crippen LogP contribution in [0.4, 0.5) is 26.3 Å². The molecule has 78 valence electrons. The molecule has 0 saturated heterocycles. The Morgan fingerprint density at radius 3 is 1.46 bits per heavy atom. The quantitative estimate of drug-likeness (QED) is 0.520. The smallest absolute Gasteiger partial charge is 0.443 e. The normalized spacial score (nSPS) is 18.1. The molecule has 0 aromatic heterocycles. The molecule has 0 saturated carbocycles. The van der Waals surface area contributed by atoms with Crippen molar-refractivity contribution in [3.8, 4) is 0 Å². The van der Waals surface area contributed by atoms with Gasteiger partial charge in [-0.05, 0) is 0 Å². The summed E-state index contributed by atoms with van der Waals surface area (Å²) >= 11 is 3.74. The predicted molar refractivity (Wildman–Crippen MR) is 25.7 cm³/mol. The number of aliphatic carboxylic acids is 1. The third-order valence-corrected chi connectivity index (χ3v) is 1.46. The summed E-state index contributed by atoms with van der Waals surface area (Å²) in [6, 6.07) is 0. The maximum atomic E-state index is 12.1. The van der Waals surface area contributed by atoms with E-state index in [4.69, 9.17) is 0 Å². The van der Waals surface area contributed by atoms with E-state index in [-0.39, 0.29) is 0 Å². The Morgan fingerprint density at radius 2 is 1.38 bits per heavy atom. The van der Waals surface area contributed by atoms with Crippen molar-refractivity contribution in [1.82, 2.24) is 0 Å². The van der Waals surface area contributed by atoms with E-state index in [0.29, 0.717) is 0 Å². The van der Waals surface area contributed by atoms with Gasteiger partial charge in [0, 0.05) is 0 Å². The van der Waals surface area contributed by atoms with Crippen molar-refractivity contribution in [1.29, 1.82) is 0 Å². The molecule has 0 radical (unpaired) electrons. The van der Waals surface area contributed by atoms with Gasteiger partial charge < -0.3 is 9.90 Å². The van der Waals surface area contributed by atoms with Crippen molar-refractivity contribution in [2.45, 2.75) is 17.2 Å². The van der Waals surface area contributed by atoms with Crippen LogP contribution < -0.4 is 5.11 Å². The van der Waals surface area contributed by atoms with Gasteiger partial charge in [0.25, 0.3) is 0 Å². The number of hydrogen-bond donors (Lipinski definition) is 0. The number of halogens is 7. The highest BCUT2D eigenvalue weighted by atomic mass is 35.5. The minimum Gasteiger partial charge on any atom is -0.544 e. The third-order valence-electron chi connectivity index (χ3n) is 1.01. The van der Waals surface area contributed by atoms with Gasteiger partial charge in [-0.2, -0.15) is 22.0 Å². The highest BCUT2D eigenvalue weighted by Crippen LogP contribution is 2.47. The molecule has 1 atom stereocenters. The van der Waals surface area contributed by atoms with Crippen LogP contribution in [0, 0.1) is 0 Å². The van der Waals surface area contributed by atoms with Gasteiger partial charge >= 0.3 is 17.2 Å². The first-order valence-electron chi connectivity index (χ1n) is 2.48. The second kappa shape index (κ2) is 2.93. The number of carboxylic acids is 1. The molecule has 13 heavy (non-hydrogen) atoms. The lowest BCUT2D eigenvalue weighted by Gasteiger charge is -2.29. The zero-order valence-electron chi connectivity index (χ0n) is 5.46. The van der Waals surface area contributed by atoms with E-state index in [0.717, 1.165) is 0 Å². The largest absolute Gasteiger partial charge is 0.544 e. The Hall–Kier alpha value is -0.660. The van der Waals surface area contributed by atoms with E-state index in [9.17, 15) is 36.2 Å². The summed E-state index contributed by atoms with van der Waals surface area (Å²) in [7, 11) is 0. The van der Waals surface area contributed by atoms with Gasteiger partial charge in [0.2, 0.25) is 0 Å². The summed E-state index contributed by atoms with van der Waals surface area (Å²) in [6.45, 7) is 0. The maximum Gasteiger partial charge on any atom is 0.443 e. The lowest BCUT2D eigenvalue weighted by molar-refractivity contribution is -0.351. The van der Waals surface area contributed by atoms with E-state index in [2.05, 4.69) is 11.6 Å². The van der Waals surface area contributed by atoms with Gasteiger partial charge in [-0.1, -0.05) is 11.6 Å². The fourth-order valence-electron chi connectivity index (χ4n) is 0.306. The van der Waals surface area contributed by atoms with E-state index in [1.54, 1.807) is 0 Å².